The zero-order valence-electron chi connectivity index (χ0n) is 16.8. The minimum atomic E-state index is -3.59. The van der Waals surface area contributed by atoms with E-state index < -0.39 is 10.0 Å². The highest BCUT2D eigenvalue weighted by atomic mass is 32.2. The molecule has 0 aliphatic carbocycles. The maximum atomic E-state index is 12.4. The first-order valence-electron chi connectivity index (χ1n) is 9.75. The molecular formula is C21H25N3O3S3. The van der Waals surface area contributed by atoms with Gasteiger partial charge in [-0.15, -0.1) is 22.7 Å². The van der Waals surface area contributed by atoms with Crippen LogP contribution in [-0.2, 0) is 22.9 Å². The molecule has 0 atom stereocenters. The van der Waals surface area contributed by atoms with E-state index in [0.717, 1.165) is 34.8 Å². The lowest BCUT2D eigenvalue weighted by atomic mass is 10.2. The van der Waals surface area contributed by atoms with Crippen LogP contribution >= 0.6 is 22.7 Å². The standard InChI is InChI=1S/C21H25N3O3S3/c1-16-15-29-20(24-16)6-2-3-12-22-21(25)17-7-9-19(10-8-17)30(26,27)23-13-11-18-5-4-14-28-18/h4-5,7-10,14-15,23H,2-3,6,11-13H2,1H3,(H,22,25). The maximum Gasteiger partial charge on any atom is 0.251 e. The molecule has 0 unspecified atom stereocenters. The van der Waals surface area contributed by atoms with Crippen LogP contribution in [0.3, 0.4) is 0 Å². The van der Waals surface area contributed by atoms with Crippen molar-refractivity contribution in [2.75, 3.05) is 13.1 Å². The molecule has 6 nitrogen and oxygen atoms in total. The van der Waals surface area contributed by atoms with Gasteiger partial charge in [0.15, 0.2) is 0 Å². The molecule has 2 aromatic heterocycles. The van der Waals surface area contributed by atoms with E-state index in [1.165, 1.54) is 12.1 Å². The lowest BCUT2D eigenvalue weighted by molar-refractivity contribution is 0.0953. The molecule has 0 saturated heterocycles. The SMILES string of the molecule is Cc1csc(CCCCNC(=O)c2ccc(S(=O)(=O)NCCc3cccs3)cc2)n1. The number of thiazole rings is 1. The summed E-state index contributed by atoms with van der Waals surface area (Å²) in [5.41, 5.74) is 1.49. The van der Waals surface area contributed by atoms with Gasteiger partial charge >= 0.3 is 0 Å². The number of benzene rings is 1. The van der Waals surface area contributed by atoms with E-state index in [0.29, 0.717) is 25.1 Å². The molecule has 0 aliphatic heterocycles. The third-order valence-electron chi connectivity index (χ3n) is 4.44. The van der Waals surface area contributed by atoms with Gasteiger partial charge in [-0.05, 0) is 68.3 Å². The molecule has 30 heavy (non-hydrogen) atoms. The number of thiophene rings is 1. The zero-order valence-corrected chi connectivity index (χ0v) is 19.2. The van der Waals surface area contributed by atoms with Crippen molar-refractivity contribution in [3.63, 3.8) is 0 Å². The van der Waals surface area contributed by atoms with E-state index in [1.807, 2.05) is 29.8 Å². The predicted molar refractivity (Wildman–Crippen MR) is 122 cm³/mol. The zero-order chi connectivity index (χ0) is 21.4. The van der Waals surface area contributed by atoms with Gasteiger partial charge < -0.3 is 5.32 Å². The molecule has 2 heterocycles. The Hall–Kier alpha value is -2.07. The third kappa shape index (κ3) is 6.73. The van der Waals surface area contributed by atoms with Crippen LogP contribution in [0.1, 0.15) is 38.8 Å². The van der Waals surface area contributed by atoms with E-state index >= 15 is 0 Å². The summed E-state index contributed by atoms with van der Waals surface area (Å²) in [5.74, 6) is -0.199. The predicted octanol–water partition coefficient (Wildman–Crippen LogP) is 3.79. The highest BCUT2D eigenvalue weighted by Gasteiger charge is 2.14. The summed E-state index contributed by atoms with van der Waals surface area (Å²) in [7, 11) is -3.59. The topological polar surface area (TPSA) is 88.2 Å². The first kappa shape index (κ1) is 22.6. The Morgan fingerprint density at radius 3 is 2.50 bits per heavy atom. The summed E-state index contributed by atoms with van der Waals surface area (Å²) >= 11 is 3.27. The number of rotatable bonds is 11. The van der Waals surface area contributed by atoms with Crippen molar-refractivity contribution in [2.24, 2.45) is 0 Å². The summed E-state index contributed by atoms with van der Waals surface area (Å²) in [5, 5.41) is 8.01. The number of carbonyl (C=O) groups excluding carboxylic acids is 1. The monoisotopic (exact) mass is 463 g/mol. The van der Waals surface area contributed by atoms with Crippen LogP contribution < -0.4 is 10.0 Å². The lowest BCUT2D eigenvalue weighted by Crippen LogP contribution is -2.26. The molecule has 0 radical (unpaired) electrons. The third-order valence-corrected chi connectivity index (χ3v) is 7.88. The summed E-state index contributed by atoms with van der Waals surface area (Å²) in [6.45, 7) is 2.90. The molecule has 2 N–H and O–H groups in total. The number of sulfonamides is 1. The number of carbonyl (C=O) groups is 1. The fourth-order valence-electron chi connectivity index (χ4n) is 2.85. The molecule has 0 bridgehead atoms. The van der Waals surface area contributed by atoms with Gasteiger partial charge in [-0.25, -0.2) is 18.1 Å². The highest BCUT2D eigenvalue weighted by Crippen LogP contribution is 2.13. The van der Waals surface area contributed by atoms with Crippen molar-refractivity contribution < 1.29 is 13.2 Å². The summed E-state index contributed by atoms with van der Waals surface area (Å²) in [6, 6.07) is 9.94. The average Bonchev–Trinajstić information content (AvgIpc) is 3.39. The van der Waals surface area contributed by atoms with E-state index in [2.05, 4.69) is 15.0 Å². The van der Waals surface area contributed by atoms with Crippen molar-refractivity contribution in [1.29, 1.82) is 0 Å². The second kappa shape index (κ2) is 10.8. The second-order valence-electron chi connectivity index (χ2n) is 6.85. The number of nitrogens with one attached hydrogen (secondary N) is 2. The van der Waals surface area contributed by atoms with Gasteiger partial charge in [0.05, 0.1) is 9.90 Å². The normalized spacial score (nSPS) is 11.5. The van der Waals surface area contributed by atoms with E-state index in [9.17, 15) is 13.2 Å². The lowest BCUT2D eigenvalue weighted by Gasteiger charge is -2.08. The summed E-state index contributed by atoms with van der Waals surface area (Å²) in [4.78, 5) is 18.0. The van der Waals surface area contributed by atoms with Crippen molar-refractivity contribution >= 4 is 38.6 Å². The van der Waals surface area contributed by atoms with Crippen LogP contribution in [0.2, 0.25) is 0 Å². The Bertz CT molecular complexity index is 1040. The van der Waals surface area contributed by atoms with Gasteiger partial charge in [0.1, 0.15) is 0 Å². The smallest absolute Gasteiger partial charge is 0.251 e. The van der Waals surface area contributed by atoms with Gasteiger partial charge in [-0.1, -0.05) is 6.07 Å². The Morgan fingerprint density at radius 1 is 1.03 bits per heavy atom. The number of nitrogens with zero attached hydrogens (tertiary/aromatic N) is 1. The van der Waals surface area contributed by atoms with Crippen LogP contribution in [0.15, 0.2) is 52.1 Å². The van der Waals surface area contributed by atoms with Gasteiger partial charge in [0, 0.05) is 34.6 Å². The first-order chi connectivity index (χ1) is 14.4. The fraction of sp³-hybridized carbons (Fsp3) is 0.333. The number of aryl methyl sites for hydroxylation is 2. The minimum Gasteiger partial charge on any atom is -0.352 e. The summed E-state index contributed by atoms with van der Waals surface area (Å²) < 4.78 is 27.4. The van der Waals surface area contributed by atoms with Crippen LogP contribution in [0.5, 0.6) is 0 Å². The van der Waals surface area contributed by atoms with Crippen LogP contribution in [-0.4, -0.2) is 32.4 Å². The molecule has 0 saturated carbocycles. The molecular weight excluding hydrogens is 438 g/mol. The fourth-order valence-corrected chi connectivity index (χ4v) is 5.41. The number of hydrogen-bond acceptors (Lipinski definition) is 6. The van der Waals surface area contributed by atoms with Crippen LogP contribution in [0.25, 0.3) is 0 Å². The molecule has 0 spiro atoms. The van der Waals surface area contributed by atoms with Crippen LogP contribution in [0, 0.1) is 6.92 Å². The summed E-state index contributed by atoms with van der Waals surface area (Å²) in [6.07, 6.45) is 3.40. The molecule has 3 rings (SSSR count). The average molecular weight is 464 g/mol. The Labute approximate surface area is 185 Å². The van der Waals surface area contributed by atoms with Crippen molar-refractivity contribution in [1.82, 2.24) is 15.0 Å². The molecule has 0 fully saturated rings. The van der Waals surface area contributed by atoms with Crippen molar-refractivity contribution in [2.45, 2.75) is 37.5 Å². The van der Waals surface area contributed by atoms with E-state index in [4.69, 9.17) is 0 Å². The molecule has 160 valence electrons. The number of amides is 1. The van der Waals surface area contributed by atoms with Crippen molar-refractivity contribution in [3.05, 3.63) is 68.3 Å². The quantitative estimate of drug-likeness (QED) is 0.424. The number of aromatic nitrogens is 1. The van der Waals surface area contributed by atoms with Gasteiger partial charge in [-0.3, -0.25) is 4.79 Å². The van der Waals surface area contributed by atoms with E-state index in [1.54, 1.807) is 34.8 Å². The minimum absolute atomic E-state index is 0.156. The highest BCUT2D eigenvalue weighted by molar-refractivity contribution is 7.89. The van der Waals surface area contributed by atoms with Crippen molar-refractivity contribution in [3.8, 4) is 0 Å². The molecule has 0 aliphatic rings. The largest absolute Gasteiger partial charge is 0.352 e. The molecule has 1 aromatic carbocycles. The first-order valence-corrected chi connectivity index (χ1v) is 13.0. The van der Waals surface area contributed by atoms with Gasteiger partial charge in [0.25, 0.3) is 5.91 Å². The van der Waals surface area contributed by atoms with Gasteiger partial charge in [-0.2, -0.15) is 0 Å². The van der Waals surface area contributed by atoms with E-state index in [-0.39, 0.29) is 10.8 Å². The van der Waals surface area contributed by atoms with Gasteiger partial charge in [0.2, 0.25) is 10.0 Å². The number of unbranched alkanes of at least 4 members (excludes halogenated alkanes) is 1. The Kier molecular flexibility index (Phi) is 8.15. The van der Waals surface area contributed by atoms with Crippen LogP contribution in [0.4, 0.5) is 0 Å². The number of hydrogen-bond donors (Lipinski definition) is 2. The molecule has 9 heteroatoms. The Morgan fingerprint density at radius 2 is 1.83 bits per heavy atom. The Balaban J connectivity index is 1.41. The molecule has 1 amide bonds. The maximum absolute atomic E-state index is 12.4. The molecule has 3 aromatic rings. The second-order valence-corrected chi connectivity index (χ2v) is 10.6.